The highest BCUT2D eigenvalue weighted by Gasteiger charge is 2.20. The lowest BCUT2D eigenvalue weighted by Gasteiger charge is -2.11. The van der Waals surface area contributed by atoms with Crippen LogP contribution < -0.4 is 0 Å². The zero-order chi connectivity index (χ0) is 35.3. The molecule has 0 bridgehead atoms. The average Bonchev–Trinajstić information content (AvgIpc) is 3.97. The zero-order valence-corrected chi connectivity index (χ0v) is 29.0. The Morgan fingerprint density at radius 2 is 0.870 bits per heavy atom. The van der Waals surface area contributed by atoms with E-state index in [4.69, 9.17) is 8.83 Å². The minimum Gasteiger partial charge on any atom is -0.456 e. The van der Waals surface area contributed by atoms with Gasteiger partial charge in [0.05, 0.1) is 21.9 Å². The molecule has 0 saturated carbocycles. The van der Waals surface area contributed by atoms with Crippen molar-refractivity contribution in [1.82, 2.24) is 9.13 Å². The van der Waals surface area contributed by atoms with E-state index in [2.05, 4.69) is 167 Å². The van der Waals surface area contributed by atoms with Crippen molar-refractivity contribution in [2.45, 2.75) is 0 Å². The molecule has 0 N–H and O–H groups in total. The number of fused-ring (bicyclic) bond motifs is 11. The van der Waals surface area contributed by atoms with Gasteiger partial charge < -0.3 is 13.4 Å². The Morgan fingerprint density at radius 3 is 1.70 bits per heavy atom. The fourth-order valence-corrected chi connectivity index (χ4v) is 8.64. The van der Waals surface area contributed by atoms with E-state index in [9.17, 15) is 0 Å². The van der Waals surface area contributed by atoms with Crippen LogP contribution in [-0.2, 0) is 0 Å². The number of aromatic nitrogens is 2. The van der Waals surface area contributed by atoms with Gasteiger partial charge >= 0.3 is 0 Å². The van der Waals surface area contributed by atoms with Gasteiger partial charge in [0, 0.05) is 43.7 Å². The largest absolute Gasteiger partial charge is 0.456 e. The molecule has 12 rings (SSSR count). The van der Waals surface area contributed by atoms with Crippen molar-refractivity contribution in [3.63, 3.8) is 0 Å². The lowest BCUT2D eigenvalue weighted by atomic mass is 10.0. The molecule has 4 heteroatoms. The van der Waals surface area contributed by atoms with Crippen LogP contribution in [0.2, 0.25) is 0 Å². The molecule has 4 heterocycles. The van der Waals surface area contributed by atoms with E-state index in [-0.39, 0.29) is 0 Å². The van der Waals surface area contributed by atoms with Gasteiger partial charge in [-0.15, -0.1) is 0 Å². The van der Waals surface area contributed by atoms with Crippen LogP contribution in [0, 0.1) is 0 Å². The van der Waals surface area contributed by atoms with Gasteiger partial charge in [0.25, 0.3) is 0 Å². The van der Waals surface area contributed by atoms with Gasteiger partial charge in [-0.3, -0.25) is 4.57 Å². The lowest BCUT2D eigenvalue weighted by molar-refractivity contribution is 0.645. The van der Waals surface area contributed by atoms with Crippen molar-refractivity contribution in [2.75, 3.05) is 0 Å². The number of hydrogen-bond donors (Lipinski definition) is 0. The average molecular weight is 691 g/mol. The Kier molecular flexibility index (Phi) is 6.02. The fraction of sp³-hybridized carbons (Fsp3) is 0. The second-order valence-corrected chi connectivity index (χ2v) is 14.1. The summed E-state index contributed by atoms with van der Waals surface area (Å²) in [5.74, 6) is 0. The van der Waals surface area contributed by atoms with Crippen molar-refractivity contribution in [3.8, 4) is 33.6 Å². The highest BCUT2D eigenvalue weighted by molar-refractivity contribution is 6.20. The molecule has 8 aromatic carbocycles. The third-order valence-corrected chi connectivity index (χ3v) is 11.1. The zero-order valence-electron chi connectivity index (χ0n) is 29.0. The first-order chi connectivity index (χ1) is 26.8. The number of benzene rings is 8. The summed E-state index contributed by atoms with van der Waals surface area (Å²) in [7, 11) is 0. The standard InChI is InChI=1S/C50H30N2O2/c1-2-10-35(11-3-1)52-45-29-33(21-26-40(45)49-41-14-6-9-17-47(41)54-50(49)52)31-18-23-36(24-19-31)51-43-15-7-4-12-37(43)42-28-32(22-27-44(42)51)34-20-25-39-38-13-5-8-16-46(38)53-48(39)30-34/h1-30H. The normalized spacial score (nSPS) is 12.1. The van der Waals surface area contributed by atoms with Crippen molar-refractivity contribution in [2.24, 2.45) is 0 Å². The molecule has 4 nitrogen and oxygen atoms in total. The maximum absolute atomic E-state index is 6.51. The van der Waals surface area contributed by atoms with Gasteiger partial charge in [-0.05, 0) is 95.1 Å². The summed E-state index contributed by atoms with van der Waals surface area (Å²) in [4.78, 5) is 0. The van der Waals surface area contributed by atoms with Crippen LogP contribution in [0.4, 0.5) is 0 Å². The number of para-hydroxylation sites is 4. The monoisotopic (exact) mass is 690 g/mol. The Bertz CT molecular complexity index is 3430. The third kappa shape index (κ3) is 4.19. The van der Waals surface area contributed by atoms with Crippen LogP contribution in [-0.4, -0.2) is 9.13 Å². The summed E-state index contributed by atoms with van der Waals surface area (Å²) in [6.45, 7) is 0. The second kappa shape index (κ2) is 11.1. The Labute approximate surface area is 309 Å². The molecule has 0 spiro atoms. The summed E-state index contributed by atoms with van der Waals surface area (Å²) >= 11 is 0. The first-order valence-corrected chi connectivity index (χ1v) is 18.3. The van der Waals surface area contributed by atoms with Crippen molar-refractivity contribution >= 4 is 76.7 Å². The molecule has 0 atom stereocenters. The number of nitrogens with zero attached hydrogens (tertiary/aromatic N) is 2. The van der Waals surface area contributed by atoms with Gasteiger partial charge in [-0.25, -0.2) is 0 Å². The number of rotatable bonds is 4. The highest BCUT2D eigenvalue weighted by Crippen LogP contribution is 2.41. The van der Waals surface area contributed by atoms with E-state index in [1.54, 1.807) is 0 Å². The molecule has 54 heavy (non-hydrogen) atoms. The summed E-state index contributed by atoms with van der Waals surface area (Å²) < 4.78 is 17.4. The molecule has 4 aromatic heterocycles. The molecule has 0 amide bonds. The lowest BCUT2D eigenvalue weighted by Crippen LogP contribution is -1.94. The topological polar surface area (TPSA) is 36.1 Å². The molecular weight excluding hydrogens is 661 g/mol. The molecule has 0 fully saturated rings. The number of furan rings is 2. The SMILES string of the molecule is c1ccc(-n2c3cc(-c4ccc(-n5c6ccccc6c6cc(-c7ccc8c(c7)oc7ccccc78)ccc65)cc4)ccc3c3c4ccccc4oc32)cc1. The fourth-order valence-electron chi connectivity index (χ4n) is 8.64. The minimum atomic E-state index is 0.870. The van der Waals surface area contributed by atoms with E-state index in [1.165, 1.54) is 32.8 Å². The van der Waals surface area contributed by atoms with Crippen LogP contribution in [0.25, 0.3) is 110 Å². The van der Waals surface area contributed by atoms with E-state index in [0.29, 0.717) is 0 Å². The van der Waals surface area contributed by atoms with Gasteiger partial charge in [0.1, 0.15) is 16.7 Å². The van der Waals surface area contributed by atoms with E-state index < -0.39 is 0 Å². The second-order valence-electron chi connectivity index (χ2n) is 14.1. The molecule has 0 radical (unpaired) electrons. The Balaban J connectivity index is 0.967. The molecule has 0 aliphatic heterocycles. The molecule has 0 unspecified atom stereocenters. The predicted octanol–water partition coefficient (Wildman–Crippen LogP) is 13.9. The van der Waals surface area contributed by atoms with Crippen LogP contribution in [0.5, 0.6) is 0 Å². The molecular formula is C50H30N2O2. The van der Waals surface area contributed by atoms with Crippen LogP contribution in [0.15, 0.2) is 191 Å². The van der Waals surface area contributed by atoms with E-state index >= 15 is 0 Å². The van der Waals surface area contributed by atoms with Gasteiger partial charge in [0.2, 0.25) is 5.71 Å². The summed E-state index contributed by atoms with van der Waals surface area (Å²) in [6, 6.07) is 64.8. The first-order valence-electron chi connectivity index (χ1n) is 18.3. The quantitative estimate of drug-likeness (QED) is 0.184. The van der Waals surface area contributed by atoms with Gasteiger partial charge in [0.15, 0.2) is 0 Å². The first kappa shape index (κ1) is 29.3. The maximum atomic E-state index is 6.51. The maximum Gasteiger partial charge on any atom is 0.213 e. The van der Waals surface area contributed by atoms with E-state index in [0.717, 1.165) is 77.6 Å². The van der Waals surface area contributed by atoms with Gasteiger partial charge in [-0.1, -0.05) is 109 Å². The van der Waals surface area contributed by atoms with Crippen molar-refractivity contribution in [1.29, 1.82) is 0 Å². The summed E-state index contributed by atoms with van der Waals surface area (Å²) in [5, 5.41) is 8.21. The highest BCUT2D eigenvalue weighted by atomic mass is 16.3. The van der Waals surface area contributed by atoms with Crippen molar-refractivity contribution < 1.29 is 8.83 Å². The molecule has 0 aliphatic carbocycles. The summed E-state index contributed by atoms with van der Waals surface area (Å²) in [6.07, 6.45) is 0. The minimum absolute atomic E-state index is 0.870. The predicted molar refractivity (Wildman–Crippen MR) is 223 cm³/mol. The van der Waals surface area contributed by atoms with Crippen LogP contribution >= 0.6 is 0 Å². The van der Waals surface area contributed by atoms with Crippen LogP contribution in [0.1, 0.15) is 0 Å². The van der Waals surface area contributed by atoms with Gasteiger partial charge in [-0.2, -0.15) is 0 Å². The smallest absolute Gasteiger partial charge is 0.213 e. The third-order valence-electron chi connectivity index (χ3n) is 11.1. The Hall–Kier alpha value is -7.30. The summed E-state index contributed by atoms with van der Waals surface area (Å²) in [5.41, 5.74) is 13.9. The van der Waals surface area contributed by atoms with Crippen LogP contribution in [0.3, 0.4) is 0 Å². The Morgan fingerprint density at radius 1 is 0.296 bits per heavy atom. The molecule has 0 saturated heterocycles. The van der Waals surface area contributed by atoms with E-state index in [1.807, 2.05) is 24.3 Å². The van der Waals surface area contributed by atoms with Crippen molar-refractivity contribution in [3.05, 3.63) is 182 Å². The number of hydrogen-bond acceptors (Lipinski definition) is 2. The molecule has 12 aromatic rings. The molecule has 0 aliphatic rings. The molecule has 252 valence electrons.